The van der Waals surface area contributed by atoms with Crippen molar-refractivity contribution >= 4 is 33.7 Å². The highest BCUT2D eigenvalue weighted by Gasteiger charge is 2.28. The molecule has 11 heteroatoms. The fourth-order valence-electron chi connectivity index (χ4n) is 5.13. The average molecular weight is 581 g/mol. The van der Waals surface area contributed by atoms with Gasteiger partial charge < -0.3 is 15.5 Å². The molecule has 1 unspecified atom stereocenters. The zero-order chi connectivity index (χ0) is 30.4. The molecule has 216 valence electrons. The number of amides is 1. The Hall–Kier alpha value is -5.45. The van der Waals surface area contributed by atoms with Gasteiger partial charge in [0.15, 0.2) is 5.65 Å². The van der Waals surface area contributed by atoms with Gasteiger partial charge in [-0.3, -0.25) is 9.59 Å². The molecule has 9 nitrogen and oxygen atoms in total. The number of hydrogen-bond acceptors (Lipinski definition) is 7. The van der Waals surface area contributed by atoms with Crippen molar-refractivity contribution in [3.8, 4) is 22.4 Å². The molecular weight excluding hydrogens is 554 g/mol. The smallest absolute Gasteiger partial charge is 0.251 e. The summed E-state index contributed by atoms with van der Waals surface area (Å²) < 4.78 is 36.9. The van der Waals surface area contributed by atoms with E-state index in [0.717, 1.165) is 0 Å². The number of rotatable bonds is 6. The Bertz CT molecular complexity index is 2090. The van der Waals surface area contributed by atoms with Crippen molar-refractivity contribution in [1.82, 2.24) is 25.1 Å². The highest BCUT2D eigenvalue weighted by molar-refractivity contribution is 5.99. The highest BCUT2D eigenvalue weighted by atomic mass is 19.1. The van der Waals surface area contributed by atoms with E-state index < -0.39 is 23.1 Å². The van der Waals surface area contributed by atoms with E-state index in [4.69, 9.17) is 15.2 Å². The average Bonchev–Trinajstić information content (AvgIpc) is 3.37. The van der Waals surface area contributed by atoms with E-state index in [1.807, 2.05) is 13.8 Å². The number of carbonyl (C=O) groups is 1. The maximum absolute atomic E-state index is 14.9. The number of aromatic nitrogens is 4. The third-order valence-electron chi connectivity index (χ3n) is 7.11. The van der Waals surface area contributed by atoms with Crippen LogP contribution in [0.1, 0.15) is 42.9 Å². The molecule has 1 atom stereocenters. The summed E-state index contributed by atoms with van der Waals surface area (Å²) in [5.41, 5.74) is 7.83. The molecule has 3 aromatic carbocycles. The standard InChI is InChI=1S/C32H26F2N6O3/c1-16(2)38-32(42)19-12-10-18(11-13-19)27-26-30(35)36-15-37-31(26)40(39-27)17(3)29-24(20-6-4-7-21(33)14-20)28(41)25-22(34)8-5-9-23(25)43-29/h4-17H,1-3H3,(H,38,42)(H2,35,36,37). The number of nitrogen functional groups attached to an aromatic ring is 1. The first-order valence-electron chi connectivity index (χ1n) is 13.5. The molecule has 3 heterocycles. The molecule has 0 aliphatic carbocycles. The molecule has 6 rings (SSSR count). The van der Waals surface area contributed by atoms with E-state index in [2.05, 4.69) is 15.3 Å². The number of nitrogens with one attached hydrogen (secondary N) is 1. The number of halogens is 2. The summed E-state index contributed by atoms with van der Waals surface area (Å²) in [6.45, 7) is 5.49. The third-order valence-corrected chi connectivity index (χ3v) is 7.11. The molecular formula is C32H26F2N6O3. The predicted octanol–water partition coefficient (Wildman–Crippen LogP) is 5.87. The lowest BCUT2D eigenvalue weighted by atomic mass is 9.99. The van der Waals surface area contributed by atoms with Crippen molar-refractivity contribution in [3.05, 3.63) is 106 Å². The maximum atomic E-state index is 14.9. The van der Waals surface area contributed by atoms with E-state index in [9.17, 15) is 18.4 Å². The van der Waals surface area contributed by atoms with Crippen LogP contribution in [0, 0.1) is 11.6 Å². The Morgan fingerprint density at radius 2 is 1.70 bits per heavy atom. The van der Waals surface area contributed by atoms with Gasteiger partial charge in [0.05, 0.1) is 10.9 Å². The summed E-state index contributed by atoms with van der Waals surface area (Å²) in [4.78, 5) is 34.8. The van der Waals surface area contributed by atoms with Crippen molar-refractivity contribution in [1.29, 1.82) is 0 Å². The van der Waals surface area contributed by atoms with Crippen LogP contribution < -0.4 is 16.5 Å². The van der Waals surface area contributed by atoms with Crippen LogP contribution in [0.5, 0.6) is 0 Å². The van der Waals surface area contributed by atoms with E-state index in [1.54, 1.807) is 37.3 Å². The third kappa shape index (κ3) is 4.88. The quantitative estimate of drug-likeness (QED) is 0.252. The van der Waals surface area contributed by atoms with E-state index in [0.29, 0.717) is 27.9 Å². The van der Waals surface area contributed by atoms with Gasteiger partial charge in [0.2, 0.25) is 5.43 Å². The maximum Gasteiger partial charge on any atom is 0.251 e. The Morgan fingerprint density at radius 3 is 2.42 bits per heavy atom. The molecule has 6 aromatic rings. The van der Waals surface area contributed by atoms with Crippen molar-refractivity contribution in [2.75, 3.05) is 5.73 Å². The number of fused-ring (bicyclic) bond motifs is 2. The van der Waals surface area contributed by atoms with Crippen molar-refractivity contribution in [3.63, 3.8) is 0 Å². The number of nitrogens with two attached hydrogens (primary N) is 1. The Kier molecular flexibility index (Phi) is 6.93. The summed E-state index contributed by atoms with van der Waals surface area (Å²) in [5, 5.41) is 7.89. The fraction of sp³-hybridized carbons (Fsp3) is 0.156. The number of anilines is 1. The lowest BCUT2D eigenvalue weighted by Crippen LogP contribution is -2.29. The van der Waals surface area contributed by atoms with Crippen LogP contribution in [0.4, 0.5) is 14.6 Å². The fourth-order valence-corrected chi connectivity index (χ4v) is 5.13. The number of nitrogens with zero attached hydrogens (tertiary/aromatic N) is 4. The number of hydrogen-bond donors (Lipinski definition) is 2. The number of carbonyl (C=O) groups excluding carboxylic acids is 1. The van der Waals surface area contributed by atoms with Crippen LogP contribution in [0.2, 0.25) is 0 Å². The van der Waals surface area contributed by atoms with Gasteiger partial charge in [-0.05, 0) is 62.7 Å². The molecule has 0 spiro atoms. The van der Waals surface area contributed by atoms with Crippen LogP contribution in [0.25, 0.3) is 44.4 Å². The molecule has 1 amide bonds. The van der Waals surface area contributed by atoms with Gasteiger partial charge in [0.1, 0.15) is 52.2 Å². The second kappa shape index (κ2) is 10.8. The van der Waals surface area contributed by atoms with Gasteiger partial charge in [-0.15, -0.1) is 0 Å². The first kappa shape index (κ1) is 27.7. The van der Waals surface area contributed by atoms with Crippen LogP contribution in [0.3, 0.4) is 0 Å². The number of benzene rings is 3. The first-order chi connectivity index (χ1) is 20.6. The predicted molar refractivity (Wildman–Crippen MR) is 159 cm³/mol. The Morgan fingerprint density at radius 1 is 0.953 bits per heavy atom. The van der Waals surface area contributed by atoms with Crippen LogP contribution in [0.15, 0.2) is 82.3 Å². The lowest BCUT2D eigenvalue weighted by Gasteiger charge is -2.17. The minimum Gasteiger partial charge on any atom is -0.458 e. The summed E-state index contributed by atoms with van der Waals surface area (Å²) >= 11 is 0. The summed E-state index contributed by atoms with van der Waals surface area (Å²) in [6, 6.07) is 15.6. The second-order valence-corrected chi connectivity index (χ2v) is 10.4. The minimum atomic E-state index is -0.791. The monoisotopic (exact) mass is 580 g/mol. The molecule has 3 N–H and O–H groups in total. The van der Waals surface area contributed by atoms with Gasteiger partial charge >= 0.3 is 0 Å². The zero-order valence-electron chi connectivity index (χ0n) is 23.4. The largest absolute Gasteiger partial charge is 0.458 e. The SMILES string of the molecule is CC(C)NC(=O)c1ccc(-c2nn(C(C)c3oc4cccc(F)c4c(=O)c3-c3cccc(F)c3)c3ncnc(N)c23)cc1. The van der Waals surface area contributed by atoms with E-state index in [-0.39, 0.29) is 45.6 Å². The van der Waals surface area contributed by atoms with E-state index >= 15 is 0 Å². The molecule has 0 saturated carbocycles. The lowest BCUT2D eigenvalue weighted by molar-refractivity contribution is 0.0943. The molecule has 0 radical (unpaired) electrons. The topological polar surface area (TPSA) is 129 Å². The minimum absolute atomic E-state index is 0.00246. The van der Waals surface area contributed by atoms with Crippen LogP contribution in [-0.2, 0) is 0 Å². The zero-order valence-corrected chi connectivity index (χ0v) is 23.4. The van der Waals surface area contributed by atoms with Gasteiger partial charge in [-0.25, -0.2) is 23.4 Å². The molecule has 0 aliphatic rings. The summed E-state index contributed by atoms with van der Waals surface area (Å²) in [6.07, 6.45) is 1.30. The van der Waals surface area contributed by atoms with Crippen LogP contribution >= 0.6 is 0 Å². The molecule has 0 fully saturated rings. The molecule has 0 aliphatic heterocycles. The highest BCUT2D eigenvalue weighted by Crippen LogP contribution is 2.36. The van der Waals surface area contributed by atoms with Crippen LogP contribution in [-0.4, -0.2) is 31.7 Å². The van der Waals surface area contributed by atoms with Gasteiger partial charge in [0, 0.05) is 17.2 Å². The van der Waals surface area contributed by atoms with E-state index in [1.165, 1.54) is 47.4 Å². The molecule has 3 aromatic heterocycles. The second-order valence-electron chi connectivity index (χ2n) is 10.4. The molecule has 43 heavy (non-hydrogen) atoms. The van der Waals surface area contributed by atoms with Crippen molar-refractivity contribution < 1.29 is 18.0 Å². The Balaban J connectivity index is 1.56. The van der Waals surface area contributed by atoms with Gasteiger partial charge in [-0.1, -0.05) is 30.3 Å². The van der Waals surface area contributed by atoms with Crippen molar-refractivity contribution in [2.24, 2.45) is 0 Å². The summed E-state index contributed by atoms with van der Waals surface area (Å²) in [7, 11) is 0. The normalized spacial score (nSPS) is 12.2. The Labute approximate surface area is 244 Å². The molecule has 0 bridgehead atoms. The van der Waals surface area contributed by atoms with Gasteiger partial charge in [-0.2, -0.15) is 5.10 Å². The van der Waals surface area contributed by atoms with Crippen molar-refractivity contribution in [2.45, 2.75) is 32.9 Å². The van der Waals surface area contributed by atoms with Gasteiger partial charge in [0.25, 0.3) is 5.91 Å². The first-order valence-corrected chi connectivity index (χ1v) is 13.5. The molecule has 0 saturated heterocycles. The summed E-state index contributed by atoms with van der Waals surface area (Å²) in [5.74, 6) is -1.22.